The third kappa shape index (κ3) is 5.01. The summed E-state index contributed by atoms with van der Waals surface area (Å²) in [5.74, 6) is 1.02. The molecule has 7 heteroatoms. The highest BCUT2D eigenvalue weighted by molar-refractivity contribution is 5.96. The van der Waals surface area contributed by atoms with Crippen LogP contribution in [0.3, 0.4) is 0 Å². The van der Waals surface area contributed by atoms with Gasteiger partial charge in [0.15, 0.2) is 11.5 Å². The van der Waals surface area contributed by atoms with Gasteiger partial charge >= 0.3 is 0 Å². The van der Waals surface area contributed by atoms with Gasteiger partial charge in [0.1, 0.15) is 12.7 Å². The Kier molecular flexibility index (Phi) is 6.49. The summed E-state index contributed by atoms with van der Waals surface area (Å²) in [4.78, 5) is 25.8. The monoisotopic (exact) mass is 384 g/mol. The first kappa shape index (κ1) is 19.7. The van der Waals surface area contributed by atoms with Gasteiger partial charge in [0.05, 0.1) is 20.3 Å². The van der Waals surface area contributed by atoms with Crippen molar-refractivity contribution in [1.29, 1.82) is 0 Å². The van der Waals surface area contributed by atoms with Crippen LogP contribution in [0.1, 0.15) is 17.3 Å². The van der Waals surface area contributed by atoms with Gasteiger partial charge < -0.3 is 24.4 Å². The SMILES string of the molecule is COc1ccccc1OCC1CN(C(=O)c2cccc(NC(C)=O)c2)CCO1. The number of methoxy groups -OCH3 is 1. The Bertz CT molecular complexity index is 839. The van der Waals surface area contributed by atoms with E-state index >= 15 is 0 Å². The average Bonchev–Trinajstić information content (AvgIpc) is 2.72. The second-order valence-corrected chi connectivity index (χ2v) is 6.47. The number of nitrogens with zero attached hydrogens (tertiary/aromatic N) is 1. The van der Waals surface area contributed by atoms with E-state index in [1.165, 1.54) is 6.92 Å². The molecule has 7 nitrogen and oxygen atoms in total. The van der Waals surface area contributed by atoms with Crippen LogP contribution in [0.25, 0.3) is 0 Å². The zero-order chi connectivity index (χ0) is 19.9. The van der Waals surface area contributed by atoms with E-state index in [9.17, 15) is 9.59 Å². The van der Waals surface area contributed by atoms with E-state index in [-0.39, 0.29) is 17.9 Å². The Labute approximate surface area is 164 Å². The molecular weight excluding hydrogens is 360 g/mol. The van der Waals surface area contributed by atoms with Gasteiger partial charge in [0, 0.05) is 24.7 Å². The van der Waals surface area contributed by atoms with Crippen LogP contribution in [0.5, 0.6) is 11.5 Å². The number of carbonyl (C=O) groups is 2. The minimum Gasteiger partial charge on any atom is -0.493 e. The van der Waals surface area contributed by atoms with Crippen LogP contribution in [0, 0.1) is 0 Å². The minimum atomic E-state index is -0.235. The summed E-state index contributed by atoms with van der Waals surface area (Å²) in [6.07, 6.45) is -0.235. The first-order valence-electron chi connectivity index (χ1n) is 9.11. The summed E-state index contributed by atoms with van der Waals surface area (Å²) in [6, 6.07) is 14.3. The van der Waals surface area contributed by atoms with Crippen LogP contribution in [0.15, 0.2) is 48.5 Å². The number of ether oxygens (including phenoxy) is 3. The molecule has 0 bridgehead atoms. The second kappa shape index (κ2) is 9.23. The molecule has 2 aromatic carbocycles. The van der Waals surface area contributed by atoms with Crippen molar-refractivity contribution in [3.05, 3.63) is 54.1 Å². The van der Waals surface area contributed by atoms with Gasteiger partial charge in [-0.05, 0) is 30.3 Å². The third-order valence-corrected chi connectivity index (χ3v) is 4.35. The van der Waals surface area contributed by atoms with Gasteiger partial charge in [0.25, 0.3) is 5.91 Å². The van der Waals surface area contributed by atoms with E-state index in [1.807, 2.05) is 24.3 Å². The third-order valence-electron chi connectivity index (χ3n) is 4.35. The van der Waals surface area contributed by atoms with E-state index in [4.69, 9.17) is 14.2 Å². The number of amides is 2. The lowest BCUT2D eigenvalue weighted by Gasteiger charge is -2.33. The summed E-state index contributed by atoms with van der Waals surface area (Å²) >= 11 is 0. The van der Waals surface area contributed by atoms with Gasteiger partial charge in [-0.25, -0.2) is 0 Å². The maximum atomic E-state index is 12.9. The van der Waals surface area contributed by atoms with Crippen LogP contribution < -0.4 is 14.8 Å². The molecule has 3 rings (SSSR count). The molecule has 148 valence electrons. The number of hydrogen-bond donors (Lipinski definition) is 1. The predicted molar refractivity (Wildman–Crippen MR) is 105 cm³/mol. The molecule has 0 saturated carbocycles. The zero-order valence-corrected chi connectivity index (χ0v) is 16.0. The summed E-state index contributed by atoms with van der Waals surface area (Å²) in [5, 5.41) is 2.69. The van der Waals surface area contributed by atoms with Gasteiger partial charge in [-0.1, -0.05) is 18.2 Å². The lowest BCUT2D eigenvalue weighted by Crippen LogP contribution is -2.47. The summed E-state index contributed by atoms with van der Waals surface area (Å²) in [6.45, 7) is 3.13. The summed E-state index contributed by atoms with van der Waals surface area (Å²) < 4.78 is 16.9. The largest absolute Gasteiger partial charge is 0.493 e. The van der Waals surface area contributed by atoms with Crippen molar-refractivity contribution in [1.82, 2.24) is 4.90 Å². The molecular formula is C21H24N2O5. The number of anilines is 1. The molecule has 2 aromatic rings. The molecule has 0 aromatic heterocycles. The Morgan fingerprint density at radius 1 is 1.18 bits per heavy atom. The first-order valence-corrected chi connectivity index (χ1v) is 9.11. The van der Waals surface area contributed by atoms with E-state index in [2.05, 4.69) is 5.32 Å². The molecule has 1 aliphatic heterocycles. The smallest absolute Gasteiger partial charge is 0.254 e. The summed E-state index contributed by atoms with van der Waals surface area (Å²) in [5.41, 5.74) is 1.13. The minimum absolute atomic E-state index is 0.0993. The standard InChI is InChI=1S/C21H24N2O5/c1-15(24)22-17-7-5-6-16(12-17)21(25)23-10-11-27-18(13-23)14-28-20-9-4-3-8-19(20)26-2/h3-9,12,18H,10-11,13-14H2,1-2H3,(H,22,24). The number of benzene rings is 2. The second-order valence-electron chi connectivity index (χ2n) is 6.47. The van der Waals surface area contributed by atoms with E-state index in [0.29, 0.717) is 49.1 Å². The molecule has 1 atom stereocenters. The van der Waals surface area contributed by atoms with Crippen molar-refractivity contribution in [3.63, 3.8) is 0 Å². The van der Waals surface area contributed by atoms with Gasteiger partial charge in [-0.2, -0.15) is 0 Å². The molecule has 0 spiro atoms. The molecule has 28 heavy (non-hydrogen) atoms. The Hall–Kier alpha value is -3.06. The predicted octanol–water partition coefficient (Wildman–Crippen LogP) is 2.57. The first-order chi connectivity index (χ1) is 13.6. The molecule has 1 unspecified atom stereocenters. The van der Waals surface area contributed by atoms with Crippen LogP contribution >= 0.6 is 0 Å². The van der Waals surface area contributed by atoms with Crippen molar-refractivity contribution in [2.24, 2.45) is 0 Å². The highest BCUT2D eigenvalue weighted by Crippen LogP contribution is 2.26. The molecule has 0 aliphatic carbocycles. The molecule has 1 aliphatic rings. The number of hydrogen-bond acceptors (Lipinski definition) is 5. The number of nitrogens with one attached hydrogen (secondary N) is 1. The van der Waals surface area contributed by atoms with E-state index < -0.39 is 0 Å². The molecule has 1 fully saturated rings. The number of morpholine rings is 1. The number of para-hydroxylation sites is 2. The van der Waals surface area contributed by atoms with Crippen LogP contribution in [-0.4, -0.2) is 56.2 Å². The van der Waals surface area contributed by atoms with Gasteiger partial charge in [-0.3, -0.25) is 9.59 Å². The fourth-order valence-corrected chi connectivity index (χ4v) is 3.04. The molecule has 1 N–H and O–H groups in total. The van der Waals surface area contributed by atoms with Crippen molar-refractivity contribution in [2.45, 2.75) is 13.0 Å². The maximum Gasteiger partial charge on any atom is 0.254 e. The van der Waals surface area contributed by atoms with E-state index in [1.54, 1.807) is 36.3 Å². The van der Waals surface area contributed by atoms with Gasteiger partial charge in [0.2, 0.25) is 5.91 Å². The van der Waals surface area contributed by atoms with Gasteiger partial charge in [-0.15, -0.1) is 0 Å². The van der Waals surface area contributed by atoms with Crippen molar-refractivity contribution >= 4 is 17.5 Å². The fraction of sp³-hybridized carbons (Fsp3) is 0.333. The van der Waals surface area contributed by atoms with Crippen molar-refractivity contribution < 1.29 is 23.8 Å². The van der Waals surface area contributed by atoms with Crippen LogP contribution in [0.4, 0.5) is 5.69 Å². The molecule has 1 saturated heterocycles. The number of rotatable bonds is 6. The maximum absolute atomic E-state index is 12.9. The highest BCUT2D eigenvalue weighted by atomic mass is 16.5. The zero-order valence-electron chi connectivity index (χ0n) is 16.0. The number of carbonyl (C=O) groups excluding carboxylic acids is 2. The Morgan fingerprint density at radius 3 is 2.71 bits per heavy atom. The van der Waals surface area contributed by atoms with Crippen molar-refractivity contribution in [3.8, 4) is 11.5 Å². The van der Waals surface area contributed by atoms with Crippen LogP contribution in [-0.2, 0) is 9.53 Å². The average molecular weight is 384 g/mol. The molecule has 2 amide bonds. The fourth-order valence-electron chi connectivity index (χ4n) is 3.04. The quantitative estimate of drug-likeness (QED) is 0.828. The van der Waals surface area contributed by atoms with Crippen LogP contribution in [0.2, 0.25) is 0 Å². The van der Waals surface area contributed by atoms with Crippen molar-refractivity contribution in [2.75, 3.05) is 38.7 Å². The lowest BCUT2D eigenvalue weighted by atomic mass is 10.1. The molecule has 1 heterocycles. The lowest BCUT2D eigenvalue weighted by molar-refractivity contribution is -0.114. The highest BCUT2D eigenvalue weighted by Gasteiger charge is 2.26. The summed E-state index contributed by atoms with van der Waals surface area (Å²) in [7, 11) is 1.59. The van der Waals surface area contributed by atoms with E-state index in [0.717, 1.165) is 0 Å². The normalized spacial score (nSPS) is 16.4. The molecule has 0 radical (unpaired) electrons. The topological polar surface area (TPSA) is 77.1 Å². The Morgan fingerprint density at radius 2 is 1.96 bits per heavy atom. The Balaban J connectivity index is 1.61.